The molecule has 1 aromatic rings. The number of methoxy groups -OCH3 is 1. The van der Waals surface area contributed by atoms with Crippen molar-refractivity contribution in [2.24, 2.45) is 5.10 Å². The minimum atomic E-state index is -0.304. The van der Waals surface area contributed by atoms with Crippen LogP contribution in [0.3, 0.4) is 0 Å². The van der Waals surface area contributed by atoms with E-state index in [2.05, 4.69) is 10.5 Å². The molecule has 1 aromatic carbocycles. The van der Waals surface area contributed by atoms with E-state index in [4.69, 9.17) is 4.74 Å². The van der Waals surface area contributed by atoms with Crippen LogP contribution in [0.15, 0.2) is 29.4 Å². The molecule has 7 heteroatoms. The molecular weight excluding hydrogens is 298 g/mol. The van der Waals surface area contributed by atoms with E-state index in [9.17, 15) is 14.4 Å². The number of carbonyl (C=O) groups is 3. The highest BCUT2D eigenvalue weighted by Crippen LogP contribution is 2.38. The molecule has 0 fully saturated rings. The monoisotopic (exact) mass is 315 g/mol. The molecule has 2 heterocycles. The number of esters is 1. The Labute approximate surface area is 133 Å². The third-order valence-electron chi connectivity index (χ3n) is 4.11. The van der Waals surface area contributed by atoms with Crippen LogP contribution in [0.2, 0.25) is 0 Å². The van der Waals surface area contributed by atoms with Gasteiger partial charge in [-0.2, -0.15) is 5.10 Å². The van der Waals surface area contributed by atoms with Crippen LogP contribution in [0.1, 0.15) is 30.7 Å². The molecule has 120 valence electrons. The maximum absolute atomic E-state index is 12.7. The average Bonchev–Trinajstić information content (AvgIpc) is 2.93. The number of hydrazone groups is 1. The van der Waals surface area contributed by atoms with Crippen molar-refractivity contribution in [1.82, 2.24) is 5.43 Å². The lowest BCUT2D eigenvalue weighted by atomic mass is 9.98. The van der Waals surface area contributed by atoms with Crippen LogP contribution in [0.4, 0.5) is 5.69 Å². The first kappa shape index (κ1) is 15.2. The largest absolute Gasteiger partial charge is 0.469 e. The minimum Gasteiger partial charge on any atom is -0.469 e. The Morgan fingerprint density at radius 3 is 2.83 bits per heavy atom. The SMILES string of the molecule is COC(=O)CC1CN(C(=O)C2=NNC(=O)CC2)c2ccccc21. The molecule has 7 nitrogen and oxygen atoms in total. The Morgan fingerprint density at radius 1 is 1.35 bits per heavy atom. The van der Waals surface area contributed by atoms with Gasteiger partial charge in [0.05, 0.1) is 13.5 Å². The summed E-state index contributed by atoms with van der Waals surface area (Å²) in [5.74, 6) is -0.820. The molecule has 0 radical (unpaired) electrons. The molecule has 0 spiro atoms. The van der Waals surface area contributed by atoms with Crippen molar-refractivity contribution < 1.29 is 19.1 Å². The average molecular weight is 315 g/mol. The number of benzene rings is 1. The van der Waals surface area contributed by atoms with Gasteiger partial charge in [-0.15, -0.1) is 0 Å². The van der Waals surface area contributed by atoms with Crippen molar-refractivity contribution in [3.05, 3.63) is 29.8 Å². The molecule has 2 aliphatic heterocycles. The summed E-state index contributed by atoms with van der Waals surface area (Å²) in [5, 5.41) is 3.86. The van der Waals surface area contributed by atoms with Crippen LogP contribution >= 0.6 is 0 Å². The van der Waals surface area contributed by atoms with Crippen molar-refractivity contribution in [3.8, 4) is 0 Å². The van der Waals surface area contributed by atoms with E-state index >= 15 is 0 Å². The highest BCUT2D eigenvalue weighted by molar-refractivity contribution is 6.44. The van der Waals surface area contributed by atoms with Gasteiger partial charge in [-0.1, -0.05) is 18.2 Å². The van der Waals surface area contributed by atoms with Crippen molar-refractivity contribution in [3.63, 3.8) is 0 Å². The molecule has 0 bridgehead atoms. The highest BCUT2D eigenvalue weighted by Gasteiger charge is 2.35. The van der Waals surface area contributed by atoms with Crippen molar-refractivity contribution in [1.29, 1.82) is 0 Å². The van der Waals surface area contributed by atoms with Crippen molar-refractivity contribution >= 4 is 29.2 Å². The molecular formula is C16H17N3O4. The summed E-state index contributed by atoms with van der Waals surface area (Å²) < 4.78 is 4.74. The van der Waals surface area contributed by atoms with Crippen LogP contribution in [0, 0.1) is 0 Å². The molecule has 0 aliphatic carbocycles. The number of rotatable bonds is 3. The number of hydrogen-bond donors (Lipinski definition) is 1. The summed E-state index contributed by atoms with van der Waals surface area (Å²) in [7, 11) is 1.35. The lowest BCUT2D eigenvalue weighted by Crippen LogP contribution is -2.39. The molecule has 3 rings (SSSR count). The fraction of sp³-hybridized carbons (Fsp3) is 0.375. The lowest BCUT2D eigenvalue weighted by Gasteiger charge is -2.20. The number of para-hydroxylation sites is 1. The van der Waals surface area contributed by atoms with E-state index in [1.54, 1.807) is 4.90 Å². The molecule has 2 aliphatic rings. The highest BCUT2D eigenvalue weighted by atomic mass is 16.5. The number of amides is 2. The lowest BCUT2D eigenvalue weighted by molar-refractivity contribution is -0.141. The smallest absolute Gasteiger partial charge is 0.306 e. The number of hydrogen-bond acceptors (Lipinski definition) is 5. The van der Waals surface area contributed by atoms with E-state index < -0.39 is 0 Å². The van der Waals surface area contributed by atoms with E-state index in [1.165, 1.54) is 7.11 Å². The molecule has 0 saturated carbocycles. The zero-order valence-corrected chi connectivity index (χ0v) is 12.7. The Hall–Kier alpha value is -2.70. The first-order chi connectivity index (χ1) is 11.1. The fourth-order valence-corrected chi connectivity index (χ4v) is 2.93. The molecule has 0 aromatic heterocycles. The number of nitrogens with one attached hydrogen (secondary N) is 1. The van der Waals surface area contributed by atoms with Gasteiger partial charge >= 0.3 is 5.97 Å². The van der Waals surface area contributed by atoms with E-state index in [0.29, 0.717) is 18.7 Å². The number of fused-ring (bicyclic) bond motifs is 1. The molecule has 0 saturated heterocycles. The molecule has 1 unspecified atom stereocenters. The molecule has 2 amide bonds. The Balaban J connectivity index is 1.85. The molecule has 1 atom stereocenters. The zero-order valence-electron chi connectivity index (χ0n) is 12.7. The summed E-state index contributed by atoms with van der Waals surface area (Å²) in [4.78, 5) is 37.1. The van der Waals surface area contributed by atoms with Gasteiger partial charge in [0, 0.05) is 31.0 Å². The Bertz CT molecular complexity index is 698. The van der Waals surface area contributed by atoms with Gasteiger partial charge < -0.3 is 9.64 Å². The summed E-state index contributed by atoms with van der Waals surface area (Å²) in [5.41, 5.74) is 4.41. The summed E-state index contributed by atoms with van der Waals surface area (Å²) in [6, 6.07) is 7.51. The third kappa shape index (κ3) is 2.94. The molecule has 23 heavy (non-hydrogen) atoms. The van der Waals surface area contributed by atoms with Gasteiger partial charge in [-0.05, 0) is 11.6 Å². The van der Waals surface area contributed by atoms with Gasteiger partial charge in [-0.3, -0.25) is 14.4 Å². The number of nitrogens with zero attached hydrogens (tertiary/aromatic N) is 2. The summed E-state index contributed by atoms with van der Waals surface area (Å²) in [6.07, 6.45) is 0.803. The van der Waals surface area contributed by atoms with Gasteiger partial charge in [0.25, 0.3) is 5.91 Å². The normalized spacial score (nSPS) is 19.7. The quantitative estimate of drug-likeness (QED) is 0.841. The maximum atomic E-state index is 12.7. The first-order valence-electron chi connectivity index (χ1n) is 7.43. The van der Waals surface area contributed by atoms with Crippen molar-refractivity contribution in [2.75, 3.05) is 18.6 Å². The van der Waals surface area contributed by atoms with Crippen LogP contribution in [-0.2, 0) is 19.1 Å². The summed E-state index contributed by atoms with van der Waals surface area (Å²) >= 11 is 0. The maximum Gasteiger partial charge on any atom is 0.306 e. The van der Waals surface area contributed by atoms with Crippen LogP contribution in [-0.4, -0.2) is 37.1 Å². The fourth-order valence-electron chi connectivity index (χ4n) is 2.93. The molecule has 1 N–H and O–H groups in total. The van der Waals surface area contributed by atoms with E-state index in [1.807, 2.05) is 24.3 Å². The first-order valence-corrected chi connectivity index (χ1v) is 7.43. The number of ether oxygens (including phenoxy) is 1. The van der Waals surface area contributed by atoms with Gasteiger partial charge in [0.1, 0.15) is 5.71 Å². The number of anilines is 1. The van der Waals surface area contributed by atoms with Crippen LogP contribution in [0.25, 0.3) is 0 Å². The second kappa shape index (κ2) is 6.20. The zero-order chi connectivity index (χ0) is 16.4. The second-order valence-electron chi connectivity index (χ2n) is 5.55. The predicted molar refractivity (Wildman–Crippen MR) is 83.0 cm³/mol. The van der Waals surface area contributed by atoms with Gasteiger partial charge in [0.2, 0.25) is 5.91 Å². The second-order valence-corrected chi connectivity index (χ2v) is 5.55. The predicted octanol–water partition coefficient (Wildman–Crippen LogP) is 0.946. The van der Waals surface area contributed by atoms with Gasteiger partial charge in [0.15, 0.2) is 0 Å². The van der Waals surface area contributed by atoms with E-state index in [-0.39, 0.29) is 36.5 Å². The van der Waals surface area contributed by atoms with Gasteiger partial charge in [-0.25, -0.2) is 5.43 Å². The minimum absolute atomic E-state index is 0.0959. The summed E-state index contributed by atoms with van der Waals surface area (Å²) in [6.45, 7) is 0.403. The number of carbonyl (C=O) groups excluding carboxylic acids is 3. The topological polar surface area (TPSA) is 88.1 Å². The van der Waals surface area contributed by atoms with Crippen LogP contribution in [0.5, 0.6) is 0 Å². The third-order valence-corrected chi connectivity index (χ3v) is 4.11. The Kier molecular flexibility index (Phi) is 4.10. The Morgan fingerprint density at radius 2 is 2.13 bits per heavy atom. The standard InChI is InChI=1S/C16H17N3O4/c1-23-15(21)8-10-9-19(13-5-3-2-4-11(10)13)16(22)12-6-7-14(20)18-17-12/h2-5,10H,6-9H2,1H3,(H,18,20). The van der Waals surface area contributed by atoms with Crippen LogP contribution < -0.4 is 10.3 Å². The van der Waals surface area contributed by atoms with E-state index in [0.717, 1.165) is 11.3 Å². The van der Waals surface area contributed by atoms with Crippen molar-refractivity contribution in [2.45, 2.75) is 25.2 Å².